The summed E-state index contributed by atoms with van der Waals surface area (Å²) in [6.07, 6.45) is 0. The molecule has 0 saturated heterocycles. The molecule has 116 valence electrons. The lowest BCUT2D eigenvalue weighted by atomic mass is 10.2. The first kappa shape index (κ1) is 16.2. The Kier molecular flexibility index (Phi) is 5.11. The average Bonchev–Trinajstić information content (AvgIpc) is 2.52. The Morgan fingerprint density at radius 1 is 1.17 bits per heavy atom. The Bertz CT molecular complexity index is 761. The van der Waals surface area contributed by atoms with Crippen LogP contribution in [-0.2, 0) is 9.59 Å². The van der Waals surface area contributed by atoms with Gasteiger partial charge in [-0.15, -0.1) is 0 Å². The highest BCUT2D eigenvalue weighted by Gasteiger charge is 2.16. The summed E-state index contributed by atoms with van der Waals surface area (Å²) in [6, 6.07) is 16.0. The second kappa shape index (κ2) is 7.23. The predicted octanol–water partition coefficient (Wildman–Crippen LogP) is 2.86. The largest absolute Gasteiger partial charge is 0.325 e. The Labute approximate surface area is 135 Å². The van der Waals surface area contributed by atoms with Gasteiger partial charge in [0.15, 0.2) is 0 Å². The molecule has 0 atom stereocenters. The summed E-state index contributed by atoms with van der Waals surface area (Å²) in [5.74, 6) is -0.524. The standard InChI is InChI=1S/C18H17N3O2/c1-13-4-3-5-16(10-13)20-18(23)12-21(14(2)22)17-8-6-15(11-19)7-9-17/h3-10H,12H2,1-2H3,(H,20,23). The van der Waals surface area contributed by atoms with Crippen LogP contribution in [-0.4, -0.2) is 18.4 Å². The summed E-state index contributed by atoms with van der Waals surface area (Å²) in [4.78, 5) is 25.4. The van der Waals surface area contributed by atoms with Crippen molar-refractivity contribution in [1.82, 2.24) is 0 Å². The van der Waals surface area contributed by atoms with Crippen molar-refractivity contribution < 1.29 is 9.59 Å². The highest BCUT2D eigenvalue weighted by atomic mass is 16.2. The molecule has 0 fully saturated rings. The minimum atomic E-state index is -0.282. The van der Waals surface area contributed by atoms with Gasteiger partial charge in [0, 0.05) is 18.3 Å². The number of anilines is 2. The summed E-state index contributed by atoms with van der Waals surface area (Å²) in [6.45, 7) is 3.25. The normalized spacial score (nSPS) is 9.78. The number of hydrogen-bond donors (Lipinski definition) is 1. The SMILES string of the molecule is CC(=O)N(CC(=O)Nc1cccc(C)c1)c1ccc(C#N)cc1. The molecule has 2 aromatic rings. The lowest BCUT2D eigenvalue weighted by Gasteiger charge is -2.20. The summed E-state index contributed by atoms with van der Waals surface area (Å²) >= 11 is 0. The first-order valence-electron chi connectivity index (χ1n) is 7.14. The van der Waals surface area contributed by atoms with Gasteiger partial charge >= 0.3 is 0 Å². The van der Waals surface area contributed by atoms with E-state index < -0.39 is 0 Å². The van der Waals surface area contributed by atoms with Crippen LogP contribution in [0, 0.1) is 18.3 Å². The minimum absolute atomic E-state index is 0.0881. The quantitative estimate of drug-likeness (QED) is 0.944. The average molecular weight is 307 g/mol. The number of rotatable bonds is 4. The number of hydrogen-bond acceptors (Lipinski definition) is 3. The van der Waals surface area contributed by atoms with Crippen molar-refractivity contribution in [3.05, 3.63) is 59.7 Å². The maximum Gasteiger partial charge on any atom is 0.244 e. The Balaban J connectivity index is 2.11. The zero-order valence-corrected chi connectivity index (χ0v) is 13.0. The van der Waals surface area contributed by atoms with Gasteiger partial charge in [-0.3, -0.25) is 9.59 Å². The van der Waals surface area contributed by atoms with E-state index >= 15 is 0 Å². The molecule has 2 rings (SSSR count). The fraction of sp³-hybridized carbons (Fsp3) is 0.167. The molecule has 1 N–H and O–H groups in total. The third-order valence-corrected chi connectivity index (χ3v) is 3.29. The Morgan fingerprint density at radius 3 is 2.43 bits per heavy atom. The predicted molar refractivity (Wildman–Crippen MR) is 89.0 cm³/mol. The third kappa shape index (κ3) is 4.42. The number of nitriles is 1. The van der Waals surface area contributed by atoms with E-state index in [1.165, 1.54) is 11.8 Å². The number of carbonyl (C=O) groups is 2. The molecule has 0 spiro atoms. The highest BCUT2D eigenvalue weighted by molar-refractivity contribution is 6.01. The van der Waals surface area contributed by atoms with E-state index in [2.05, 4.69) is 5.32 Å². The number of nitrogens with one attached hydrogen (secondary N) is 1. The molecule has 0 aliphatic heterocycles. The molecule has 0 radical (unpaired) electrons. The van der Waals surface area contributed by atoms with E-state index in [0.29, 0.717) is 16.9 Å². The van der Waals surface area contributed by atoms with Gasteiger partial charge in [0.2, 0.25) is 11.8 Å². The molecular formula is C18H17N3O2. The van der Waals surface area contributed by atoms with E-state index in [4.69, 9.17) is 5.26 Å². The molecule has 0 bridgehead atoms. The van der Waals surface area contributed by atoms with Crippen LogP contribution in [0.2, 0.25) is 0 Å². The lowest BCUT2D eigenvalue weighted by Crippen LogP contribution is -2.36. The van der Waals surface area contributed by atoms with Crippen LogP contribution in [0.3, 0.4) is 0 Å². The van der Waals surface area contributed by atoms with Crippen molar-refractivity contribution >= 4 is 23.2 Å². The van der Waals surface area contributed by atoms with Crippen molar-refractivity contribution in [3.8, 4) is 6.07 Å². The Hall–Kier alpha value is -3.13. The molecule has 0 aliphatic carbocycles. The van der Waals surface area contributed by atoms with Crippen LogP contribution in [0.25, 0.3) is 0 Å². The molecule has 0 heterocycles. The van der Waals surface area contributed by atoms with E-state index in [0.717, 1.165) is 5.56 Å². The number of nitrogens with zero attached hydrogens (tertiary/aromatic N) is 2. The Morgan fingerprint density at radius 2 is 1.87 bits per heavy atom. The van der Waals surface area contributed by atoms with Gasteiger partial charge in [-0.25, -0.2) is 0 Å². The van der Waals surface area contributed by atoms with Crippen LogP contribution in [0.1, 0.15) is 18.1 Å². The third-order valence-electron chi connectivity index (χ3n) is 3.29. The van der Waals surface area contributed by atoms with Gasteiger partial charge in [-0.2, -0.15) is 5.26 Å². The van der Waals surface area contributed by atoms with Gasteiger partial charge in [0.1, 0.15) is 6.54 Å². The van der Waals surface area contributed by atoms with Crippen LogP contribution in [0.5, 0.6) is 0 Å². The number of aryl methyl sites for hydroxylation is 1. The van der Waals surface area contributed by atoms with E-state index in [9.17, 15) is 9.59 Å². The molecule has 2 aromatic carbocycles. The number of benzene rings is 2. The highest BCUT2D eigenvalue weighted by Crippen LogP contribution is 2.16. The van der Waals surface area contributed by atoms with Crippen molar-refractivity contribution in [2.75, 3.05) is 16.8 Å². The zero-order chi connectivity index (χ0) is 16.8. The minimum Gasteiger partial charge on any atom is -0.325 e. The van der Waals surface area contributed by atoms with E-state index in [1.54, 1.807) is 30.3 Å². The second-order valence-corrected chi connectivity index (χ2v) is 5.18. The summed E-state index contributed by atoms with van der Waals surface area (Å²) in [5.41, 5.74) is 2.81. The molecule has 23 heavy (non-hydrogen) atoms. The van der Waals surface area contributed by atoms with Gasteiger partial charge in [-0.05, 0) is 48.9 Å². The molecular weight excluding hydrogens is 290 g/mol. The van der Waals surface area contributed by atoms with Gasteiger partial charge in [0.25, 0.3) is 0 Å². The first-order chi connectivity index (χ1) is 11.0. The lowest BCUT2D eigenvalue weighted by molar-refractivity contribution is -0.120. The molecule has 5 nitrogen and oxygen atoms in total. The van der Waals surface area contributed by atoms with Crippen molar-refractivity contribution in [2.24, 2.45) is 0 Å². The summed E-state index contributed by atoms with van der Waals surface area (Å²) in [7, 11) is 0. The maximum atomic E-state index is 12.2. The van der Waals surface area contributed by atoms with Crippen LogP contribution >= 0.6 is 0 Å². The van der Waals surface area contributed by atoms with Crippen LogP contribution < -0.4 is 10.2 Å². The molecule has 5 heteroatoms. The number of carbonyl (C=O) groups excluding carboxylic acids is 2. The summed E-state index contributed by atoms with van der Waals surface area (Å²) in [5, 5.41) is 11.6. The zero-order valence-electron chi connectivity index (χ0n) is 13.0. The van der Waals surface area contributed by atoms with Crippen molar-refractivity contribution in [3.63, 3.8) is 0 Å². The fourth-order valence-corrected chi connectivity index (χ4v) is 2.17. The fourth-order valence-electron chi connectivity index (χ4n) is 2.17. The summed E-state index contributed by atoms with van der Waals surface area (Å²) < 4.78 is 0. The van der Waals surface area contributed by atoms with Gasteiger partial charge in [0.05, 0.1) is 11.6 Å². The molecule has 0 aromatic heterocycles. The molecule has 0 saturated carbocycles. The maximum absolute atomic E-state index is 12.2. The van der Waals surface area contributed by atoms with Gasteiger partial charge < -0.3 is 10.2 Å². The smallest absolute Gasteiger partial charge is 0.244 e. The van der Waals surface area contributed by atoms with Crippen LogP contribution in [0.4, 0.5) is 11.4 Å². The van der Waals surface area contributed by atoms with E-state index in [-0.39, 0.29) is 18.4 Å². The molecule has 2 amide bonds. The van der Waals surface area contributed by atoms with Crippen molar-refractivity contribution in [2.45, 2.75) is 13.8 Å². The van der Waals surface area contributed by atoms with E-state index in [1.807, 2.05) is 31.2 Å². The van der Waals surface area contributed by atoms with Gasteiger partial charge in [-0.1, -0.05) is 12.1 Å². The molecule has 0 aliphatic rings. The first-order valence-corrected chi connectivity index (χ1v) is 7.14. The molecule has 0 unspecified atom stereocenters. The number of amides is 2. The second-order valence-electron chi connectivity index (χ2n) is 5.18. The van der Waals surface area contributed by atoms with Crippen LogP contribution in [0.15, 0.2) is 48.5 Å². The topological polar surface area (TPSA) is 73.2 Å². The monoisotopic (exact) mass is 307 g/mol. The van der Waals surface area contributed by atoms with Crippen molar-refractivity contribution in [1.29, 1.82) is 5.26 Å².